The van der Waals surface area contributed by atoms with E-state index < -0.39 is 35.6 Å². The number of aliphatic hydroxyl groups is 2. The number of ether oxygens (including phenoxy) is 2. The number of ketones is 1. The molecule has 1 aromatic heterocycles. The number of hydrogen-bond donors (Lipinski definition) is 2. The Morgan fingerprint density at radius 3 is 2.64 bits per heavy atom. The van der Waals surface area contributed by atoms with E-state index in [1.54, 1.807) is 25.2 Å². The molecular formula is C30H42AsNO6S. The summed E-state index contributed by atoms with van der Waals surface area (Å²) in [5, 5.41) is 24.1. The maximum absolute atomic E-state index is 13.7. The van der Waals surface area contributed by atoms with Gasteiger partial charge in [0.1, 0.15) is 5.78 Å². The second-order valence-electron chi connectivity index (χ2n) is 12.2. The molecule has 0 spiro atoms. The van der Waals surface area contributed by atoms with Crippen molar-refractivity contribution in [2.24, 2.45) is 17.3 Å². The van der Waals surface area contributed by atoms with Crippen LogP contribution in [0.3, 0.4) is 0 Å². The predicted octanol–water partition coefficient (Wildman–Crippen LogP) is 5.04. The number of epoxide rings is 1. The van der Waals surface area contributed by atoms with E-state index >= 15 is 0 Å². The minimum Gasteiger partial charge on any atom is -0.392 e. The van der Waals surface area contributed by atoms with E-state index in [1.165, 1.54) is 0 Å². The summed E-state index contributed by atoms with van der Waals surface area (Å²) in [4.78, 5) is 31.6. The fraction of sp³-hybridized carbons (Fsp3) is 0.700. The fourth-order valence-corrected chi connectivity index (χ4v) is 7.25. The molecule has 1 aromatic carbocycles. The quantitative estimate of drug-likeness (QED) is 0.281. The second-order valence-corrected chi connectivity index (χ2v) is 14.0. The van der Waals surface area contributed by atoms with Gasteiger partial charge in [-0.15, -0.1) is 0 Å². The zero-order valence-electron chi connectivity index (χ0n) is 23.7. The van der Waals surface area contributed by atoms with Crippen molar-refractivity contribution in [1.82, 2.24) is 4.98 Å². The first-order valence-electron chi connectivity index (χ1n) is 14.2. The van der Waals surface area contributed by atoms with Crippen molar-refractivity contribution >= 4 is 50.2 Å². The molecule has 2 aromatic rings. The van der Waals surface area contributed by atoms with Crippen LogP contribution in [0, 0.1) is 17.3 Å². The van der Waals surface area contributed by atoms with Crippen LogP contribution in [0.1, 0.15) is 96.2 Å². The monoisotopic (exact) mass is 619 g/mol. The molecule has 7 nitrogen and oxygen atoms in total. The molecular weight excluding hydrogens is 577 g/mol. The van der Waals surface area contributed by atoms with Crippen molar-refractivity contribution in [3.05, 3.63) is 28.8 Å². The zero-order chi connectivity index (χ0) is 28.5. The molecule has 0 saturated carbocycles. The van der Waals surface area contributed by atoms with E-state index in [9.17, 15) is 19.8 Å². The first-order valence-corrected chi connectivity index (χ1v) is 16.3. The van der Waals surface area contributed by atoms with Crippen LogP contribution in [0.15, 0.2) is 18.2 Å². The van der Waals surface area contributed by atoms with Gasteiger partial charge in [0.2, 0.25) is 0 Å². The van der Waals surface area contributed by atoms with Gasteiger partial charge in [-0.05, 0) is 18.8 Å². The predicted molar refractivity (Wildman–Crippen MR) is 153 cm³/mol. The Balaban J connectivity index is 1.63. The molecule has 2 radical (unpaired) electrons. The van der Waals surface area contributed by atoms with E-state index in [0.717, 1.165) is 51.7 Å². The molecule has 2 saturated heterocycles. The second kappa shape index (κ2) is 12.3. The number of Topliss-reactive ketones (excluding diaryl/α,β-unsaturated/α-hetero) is 1. The van der Waals surface area contributed by atoms with Crippen LogP contribution in [0.5, 0.6) is 0 Å². The van der Waals surface area contributed by atoms with Gasteiger partial charge in [0.05, 0.1) is 6.10 Å². The van der Waals surface area contributed by atoms with Gasteiger partial charge in [0.15, 0.2) is 0 Å². The van der Waals surface area contributed by atoms with Crippen LogP contribution in [0.2, 0.25) is 0 Å². The number of carbonyl (C=O) groups excluding carboxylic acids is 2. The molecule has 0 aliphatic carbocycles. The van der Waals surface area contributed by atoms with Crippen molar-refractivity contribution < 1.29 is 29.3 Å². The van der Waals surface area contributed by atoms with Crippen LogP contribution in [0.4, 0.5) is 0 Å². The van der Waals surface area contributed by atoms with E-state index in [2.05, 4.69) is 23.8 Å². The first-order chi connectivity index (χ1) is 18.4. The van der Waals surface area contributed by atoms with Crippen molar-refractivity contribution in [3.8, 4) is 0 Å². The number of hydrogen-bond acceptors (Lipinski definition) is 8. The third kappa shape index (κ3) is 6.78. The summed E-state index contributed by atoms with van der Waals surface area (Å²) < 4.78 is 13.2. The normalized spacial score (nSPS) is 34.5. The third-order valence-electron chi connectivity index (χ3n) is 8.79. The molecule has 3 heterocycles. The Hall–Kier alpha value is -1.31. The number of esters is 1. The number of benzene rings is 1. The van der Waals surface area contributed by atoms with Gasteiger partial charge in [-0.2, -0.15) is 0 Å². The molecule has 2 N–H and O–H groups in total. The topological polar surface area (TPSA) is 109 Å². The van der Waals surface area contributed by atoms with Crippen LogP contribution in [0.25, 0.3) is 10.2 Å². The van der Waals surface area contributed by atoms with Crippen molar-refractivity contribution in [2.45, 2.75) is 115 Å². The molecule has 9 heteroatoms. The molecule has 7 atom stereocenters. The molecule has 0 amide bonds. The van der Waals surface area contributed by atoms with Crippen LogP contribution in [-0.4, -0.2) is 67.7 Å². The van der Waals surface area contributed by atoms with E-state index in [1.807, 2.05) is 32.0 Å². The van der Waals surface area contributed by atoms with Crippen molar-refractivity contribution in [1.29, 1.82) is 0 Å². The average Bonchev–Trinajstić information content (AvgIpc) is 3.33. The van der Waals surface area contributed by atoms with Gasteiger partial charge in [-0.1, -0.05) is 34.1 Å². The van der Waals surface area contributed by atoms with Crippen LogP contribution >= 0.6 is 11.3 Å². The summed E-state index contributed by atoms with van der Waals surface area (Å²) in [6, 6.07) is 5.98. The van der Waals surface area contributed by atoms with E-state index in [4.69, 9.17) is 14.5 Å². The molecule has 0 bridgehead atoms. The number of carbonyl (C=O) groups is 2. The van der Waals surface area contributed by atoms with Gasteiger partial charge in [-0.25, -0.2) is 0 Å². The zero-order valence-corrected chi connectivity index (χ0v) is 26.4. The summed E-state index contributed by atoms with van der Waals surface area (Å²) in [6.07, 6.45) is 1.29. The standard InChI is InChI=1S/C30H42AsNO6S/c1-6-8-19-27(35)17(2)9-7-12-30(5)24(38-30)14-21(37-26(34)15-23(33)29(3,4)28(19)36)18-10-11-22-20(13-18)32-25(16-31)39-22/h10-11,13,17,19,21,23-24,27,33,35H,6-9,12,14-16H2,1-5H3/t17-,19+,21-,23-,24-,27-,30+/m0/s1. The number of aliphatic hydroxyl groups excluding tert-OH is 2. The Morgan fingerprint density at radius 2 is 1.95 bits per heavy atom. The fourth-order valence-electron chi connectivity index (χ4n) is 5.89. The number of rotatable bonds is 4. The Kier molecular flexibility index (Phi) is 9.65. The van der Waals surface area contributed by atoms with Gasteiger partial charge in [-0.3, -0.25) is 4.79 Å². The van der Waals surface area contributed by atoms with E-state index in [0.29, 0.717) is 12.8 Å². The summed E-state index contributed by atoms with van der Waals surface area (Å²) >= 11 is 4.19. The van der Waals surface area contributed by atoms with Crippen molar-refractivity contribution in [3.63, 3.8) is 0 Å². The molecule has 39 heavy (non-hydrogen) atoms. The average molecular weight is 620 g/mol. The molecule has 214 valence electrons. The maximum atomic E-state index is 13.7. The number of cyclic esters (lactones) is 1. The van der Waals surface area contributed by atoms with Gasteiger partial charge >= 0.3 is 165 Å². The van der Waals surface area contributed by atoms with Crippen molar-refractivity contribution in [2.75, 3.05) is 0 Å². The van der Waals surface area contributed by atoms with Crippen LogP contribution in [-0.2, 0) is 24.3 Å². The SMILES string of the molecule is CCC[C@H]1C(=O)C(C)(C)[C@@H](O)CC(=O)O[C@H](c2ccc3sc(C[As])nc3c2)C[C@@H]2O[C@]2(C)CCC[C@H](C)[C@@H]1O. The Bertz CT molecular complexity index is 1180. The first kappa shape index (κ1) is 30.6. The number of nitrogens with zero attached hydrogens (tertiary/aromatic N) is 1. The number of fused-ring (bicyclic) bond motifs is 2. The third-order valence-corrected chi connectivity index (χ3v) is 10.9. The number of aromatic nitrogens is 1. The summed E-state index contributed by atoms with van der Waals surface area (Å²) in [7, 11) is 0. The summed E-state index contributed by atoms with van der Waals surface area (Å²) in [5.41, 5.74) is 0.202. The summed E-state index contributed by atoms with van der Waals surface area (Å²) in [5.74, 6) is -1.43. The van der Waals surface area contributed by atoms with Crippen LogP contribution < -0.4 is 0 Å². The minimum absolute atomic E-state index is 0.0612. The molecule has 0 unspecified atom stereocenters. The summed E-state index contributed by atoms with van der Waals surface area (Å²) in [6.45, 7) is 9.40. The van der Waals surface area contributed by atoms with Gasteiger partial charge < -0.3 is 5.11 Å². The van der Waals surface area contributed by atoms with Gasteiger partial charge in [0.25, 0.3) is 0 Å². The Labute approximate surface area is 244 Å². The Morgan fingerprint density at radius 1 is 1.21 bits per heavy atom. The van der Waals surface area contributed by atoms with E-state index in [-0.39, 0.29) is 29.8 Å². The molecule has 2 aliphatic heterocycles. The molecule has 2 fully saturated rings. The number of thiazole rings is 1. The van der Waals surface area contributed by atoms with Gasteiger partial charge in [0, 0.05) is 5.92 Å². The molecule has 2 aliphatic rings. The molecule has 4 rings (SSSR count). The minimum atomic E-state index is -1.23. The smallest absolute Gasteiger partial charge is 0.392 e.